The fourth-order valence-electron chi connectivity index (χ4n) is 4.71. The van der Waals surface area contributed by atoms with Gasteiger partial charge in [-0.1, -0.05) is 24.3 Å². The topological polar surface area (TPSA) is 113 Å². The number of benzene rings is 2. The van der Waals surface area contributed by atoms with Crippen molar-refractivity contribution >= 4 is 46.2 Å². The van der Waals surface area contributed by atoms with Gasteiger partial charge >= 0.3 is 0 Å². The fourth-order valence-corrected chi connectivity index (χ4v) is 5.20. The maximum absolute atomic E-state index is 12.9. The Morgan fingerprint density at radius 1 is 1.16 bits per heavy atom. The number of likely N-dealkylation sites (N-methyl/N-ethyl adjacent to an activating group) is 1. The molecule has 2 aromatic carbocycles. The van der Waals surface area contributed by atoms with Gasteiger partial charge in [0.25, 0.3) is 11.8 Å². The van der Waals surface area contributed by atoms with Crippen molar-refractivity contribution in [1.82, 2.24) is 15.2 Å². The molecule has 2 amide bonds. The molecule has 38 heavy (non-hydrogen) atoms. The number of hydrogen-bond acceptors (Lipinski definition) is 7. The Morgan fingerprint density at radius 2 is 1.95 bits per heavy atom. The molecule has 1 atom stereocenters. The van der Waals surface area contributed by atoms with E-state index < -0.39 is 5.54 Å². The van der Waals surface area contributed by atoms with Gasteiger partial charge in [0.05, 0.1) is 18.8 Å². The molecule has 2 aliphatic heterocycles. The molecule has 0 bridgehead atoms. The lowest BCUT2D eigenvalue weighted by Gasteiger charge is -2.27. The number of aromatic nitrogens is 1. The predicted octanol–water partition coefficient (Wildman–Crippen LogP) is 3.12. The zero-order valence-corrected chi connectivity index (χ0v) is 23.4. The summed E-state index contributed by atoms with van der Waals surface area (Å²) in [6.07, 6.45) is 1.61. The van der Waals surface area contributed by atoms with Crippen LogP contribution in [0.25, 0.3) is 11.1 Å². The highest BCUT2D eigenvalue weighted by molar-refractivity contribution is 14.1. The van der Waals surface area contributed by atoms with Gasteiger partial charge in [-0.3, -0.25) is 14.5 Å². The molecule has 0 aliphatic carbocycles. The average molecular weight is 624 g/mol. The maximum Gasteiger partial charge on any atom is 0.261 e. The van der Waals surface area contributed by atoms with Crippen LogP contribution in [0.1, 0.15) is 28.4 Å². The van der Waals surface area contributed by atoms with E-state index >= 15 is 0 Å². The first-order chi connectivity index (χ1) is 18.3. The van der Waals surface area contributed by atoms with Crippen LogP contribution in [0.2, 0.25) is 0 Å². The Kier molecular flexibility index (Phi) is 7.35. The summed E-state index contributed by atoms with van der Waals surface area (Å²) >= 11 is 2.27. The maximum atomic E-state index is 12.9. The zero-order chi connectivity index (χ0) is 26.9. The van der Waals surface area contributed by atoms with E-state index in [1.54, 1.807) is 26.2 Å². The average Bonchev–Trinajstić information content (AvgIpc) is 3.15. The molecule has 0 spiro atoms. The number of morpholine rings is 1. The molecular weight excluding hydrogens is 595 g/mol. The van der Waals surface area contributed by atoms with E-state index in [1.807, 2.05) is 42.5 Å². The van der Waals surface area contributed by atoms with Gasteiger partial charge in [-0.15, -0.1) is 0 Å². The van der Waals surface area contributed by atoms with Gasteiger partial charge in [0.15, 0.2) is 11.5 Å². The minimum atomic E-state index is -1.08. The van der Waals surface area contributed by atoms with Crippen molar-refractivity contribution in [3.05, 3.63) is 81.1 Å². The van der Waals surface area contributed by atoms with Crippen molar-refractivity contribution in [2.24, 2.45) is 10.7 Å². The number of anilines is 1. The summed E-state index contributed by atoms with van der Waals surface area (Å²) in [5.74, 6) is 0.682. The van der Waals surface area contributed by atoms with Crippen LogP contribution in [0.3, 0.4) is 0 Å². The van der Waals surface area contributed by atoms with Gasteiger partial charge in [0, 0.05) is 36.4 Å². The van der Waals surface area contributed by atoms with Crippen LogP contribution in [0.15, 0.2) is 65.8 Å². The number of aliphatic imine (C=N–C) groups is 1. The molecule has 1 unspecified atom stereocenters. The lowest BCUT2D eigenvalue weighted by molar-refractivity contribution is -0.130. The normalized spacial score (nSPS) is 19.4. The molecule has 0 saturated carbocycles. The summed E-state index contributed by atoms with van der Waals surface area (Å²) in [4.78, 5) is 38.3. The van der Waals surface area contributed by atoms with Gasteiger partial charge in [-0.05, 0) is 82.1 Å². The summed E-state index contributed by atoms with van der Waals surface area (Å²) in [7, 11) is 1.63. The Labute approximate surface area is 235 Å². The number of hydrogen-bond donors (Lipinski definition) is 2. The molecule has 3 N–H and O–H groups in total. The Bertz CT molecular complexity index is 1400. The standard InChI is InChI=1S/C28H29IN6O3/c1-28(26(37)34(2)27(30)33-28)21-5-3-4-18(14-21)23-15-22(29)8-6-19(23)16-32-25(36)20-7-9-24(31-17-20)35-10-12-38-13-11-35/h3-9,14-15,17H,10-13,16H2,1-2H3,(H2,30,33)(H,32,36). The van der Waals surface area contributed by atoms with Crippen LogP contribution in [0, 0.1) is 3.57 Å². The van der Waals surface area contributed by atoms with E-state index in [-0.39, 0.29) is 17.8 Å². The second-order valence-corrected chi connectivity index (χ2v) is 10.7. The van der Waals surface area contributed by atoms with E-state index in [0.717, 1.165) is 44.7 Å². The third-order valence-corrected chi connectivity index (χ3v) is 7.67. The molecule has 1 saturated heterocycles. The number of nitrogens with two attached hydrogens (primary N) is 1. The molecule has 3 heterocycles. The smallest absolute Gasteiger partial charge is 0.261 e. The van der Waals surface area contributed by atoms with Gasteiger partial charge in [-0.2, -0.15) is 0 Å². The van der Waals surface area contributed by atoms with E-state index in [2.05, 4.69) is 48.9 Å². The monoisotopic (exact) mass is 624 g/mol. The van der Waals surface area contributed by atoms with Gasteiger partial charge < -0.3 is 20.7 Å². The van der Waals surface area contributed by atoms with Crippen molar-refractivity contribution < 1.29 is 14.3 Å². The van der Waals surface area contributed by atoms with Crippen molar-refractivity contribution in [3.63, 3.8) is 0 Å². The summed E-state index contributed by atoms with van der Waals surface area (Å²) in [5.41, 5.74) is 8.98. The molecule has 10 heteroatoms. The molecule has 2 aliphatic rings. The van der Waals surface area contributed by atoms with Crippen LogP contribution in [-0.4, -0.2) is 61.0 Å². The van der Waals surface area contributed by atoms with Gasteiger partial charge in [0.2, 0.25) is 0 Å². The molecule has 5 rings (SSSR count). The molecule has 0 radical (unpaired) electrons. The molecule has 1 fully saturated rings. The number of guanidine groups is 1. The zero-order valence-electron chi connectivity index (χ0n) is 21.3. The number of halogens is 1. The van der Waals surface area contributed by atoms with Crippen LogP contribution < -0.4 is 16.0 Å². The Hall–Kier alpha value is -3.51. The lowest BCUT2D eigenvalue weighted by atomic mass is 9.89. The minimum Gasteiger partial charge on any atom is -0.378 e. The molecule has 3 aromatic rings. The number of rotatable bonds is 6. The van der Waals surface area contributed by atoms with E-state index in [0.29, 0.717) is 25.3 Å². The van der Waals surface area contributed by atoms with Crippen molar-refractivity contribution in [1.29, 1.82) is 0 Å². The van der Waals surface area contributed by atoms with Gasteiger partial charge in [0.1, 0.15) is 5.82 Å². The van der Waals surface area contributed by atoms with Crippen LogP contribution >= 0.6 is 22.6 Å². The highest BCUT2D eigenvalue weighted by Gasteiger charge is 2.43. The molecule has 196 valence electrons. The molecule has 1 aromatic heterocycles. The molecular formula is C28H29IN6O3. The van der Waals surface area contributed by atoms with Crippen molar-refractivity contribution in [2.75, 3.05) is 38.3 Å². The fraction of sp³-hybridized carbons (Fsp3) is 0.286. The van der Waals surface area contributed by atoms with Crippen molar-refractivity contribution in [3.8, 4) is 11.1 Å². The largest absolute Gasteiger partial charge is 0.378 e. The summed E-state index contributed by atoms with van der Waals surface area (Å²) in [5, 5.41) is 3.03. The first kappa shape index (κ1) is 26.1. The number of amides is 2. The quantitative estimate of drug-likeness (QED) is 0.408. The minimum absolute atomic E-state index is 0.171. The summed E-state index contributed by atoms with van der Waals surface area (Å²) < 4.78 is 6.46. The summed E-state index contributed by atoms with van der Waals surface area (Å²) in [6, 6.07) is 17.5. The van der Waals surface area contributed by atoms with Crippen molar-refractivity contribution in [2.45, 2.75) is 19.0 Å². The SMILES string of the molecule is CN1C(=O)C(C)(c2cccc(-c3cc(I)ccc3CNC(=O)c3ccc(N4CCOCC4)nc3)c2)N=C1N. The molecule has 9 nitrogen and oxygen atoms in total. The van der Waals surface area contributed by atoms with E-state index in [4.69, 9.17) is 10.5 Å². The second kappa shape index (κ2) is 10.7. The van der Waals surface area contributed by atoms with Crippen LogP contribution in [-0.2, 0) is 21.6 Å². The van der Waals surface area contributed by atoms with Crippen LogP contribution in [0.5, 0.6) is 0 Å². The highest BCUT2D eigenvalue weighted by atomic mass is 127. The third kappa shape index (κ3) is 5.10. The first-order valence-corrected chi connectivity index (χ1v) is 13.4. The third-order valence-electron chi connectivity index (χ3n) is 7.00. The summed E-state index contributed by atoms with van der Waals surface area (Å²) in [6.45, 7) is 5.06. The second-order valence-electron chi connectivity index (χ2n) is 9.48. The van der Waals surface area contributed by atoms with Gasteiger partial charge in [-0.25, -0.2) is 9.98 Å². The predicted molar refractivity (Wildman–Crippen MR) is 155 cm³/mol. The Balaban J connectivity index is 1.35. The van der Waals surface area contributed by atoms with E-state index in [1.165, 1.54) is 4.90 Å². The number of carbonyl (C=O) groups is 2. The number of ether oxygens (including phenoxy) is 1. The number of nitrogens with zero attached hydrogens (tertiary/aromatic N) is 4. The van der Waals surface area contributed by atoms with E-state index in [9.17, 15) is 9.59 Å². The first-order valence-electron chi connectivity index (χ1n) is 12.4. The highest BCUT2D eigenvalue weighted by Crippen LogP contribution is 2.35. The number of nitrogens with one attached hydrogen (secondary N) is 1. The van der Waals surface area contributed by atoms with Crippen LogP contribution in [0.4, 0.5) is 5.82 Å². The number of carbonyl (C=O) groups excluding carboxylic acids is 2. The number of pyridine rings is 1. The lowest BCUT2D eigenvalue weighted by Crippen LogP contribution is -2.38. The Morgan fingerprint density at radius 3 is 2.63 bits per heavy atom.